The Morgan fingerprint density at radius 2 is 2.04 bits per heavy atom. The summed E-state index contributed by atoms with van der Waals surface area (Å²) < 4.78 is 10.5. The second-order valence-corrected chi connectivity index (χ2v) is 6.18. The largest absolute Gasteiger partial charge is 0.480 e. The highest BCUT2D eigenvalue weighted by molar-refractivity contribution is 5.96. The molecule has 2 aromatic heterocycles. The highest BCUT2D eigenvalue weighted by Crippen LogP contribution is 2.29. The molecule has 1 aromatic carbocycles. The molecule has 0 saturated carbocycles. The maximum Gasteiger partial charge on any atom is 0.259 e. The third-order valence-corrected chi connectivity index (χ3v) is 4.40. The van der Waals surface area contributed by atoms with Gasteiger partial charge in [0.15, 0.2) is 5.82 Å². The fraction of sp³-hybridized carbons (Fsp3) is 0.263. The predicted molar refractivity (Wildman–Crippen MR) is 93.0 cm³/mol. The first-order chi connectivity index (χ1) is 12.7. The van der Waals surface area contributed by atoms with E-state index < -0.39 is 0 Å². The van der Waals surface area contributed by atoms with E-state index in [4.69, 9.17) is 9.26 Å². The van der Waals surface area contributed by atoms with Gasteiger partial charge in [-0.1, -0.05) is 35.5 Å². The molecule has 3 aromatic rings. The molecular weight excluding hydrogens is 332 g/mol. The quantitative estimate of drug-likeness (QED) is 0.702. The molecule has 1 amide bonds. The van der Waals surface area contributed by atoms with Crippen LogP contribution in [0.15, 0.2) is 53.2 Å². The Bertz CT molecular complexity index is 904. The molecule has 0 bridgehead atoms. The number of hydrogen-bond donors (Lipinski definition) is 0. The van der Waals surface area contributed by atoms with Gasteiger partial charge in [-0.3, -0.25) is 4.79 Å². The number of amides is 1. The minimum Gasteiger partial charge on any atom is -0.480 e. The third-order valence-electron chi connectivity index (χ3n) is 4.40. The number of ether oxygens (including phenoxy) is 1. The molecule has 7 heteroatoms. The van der Waals surface area contributed by atoms with Gasteiger partial charge in [-0.25, -0.2) is 4.98 Å². The minimum atomic E-state index is -0.102. The van der Waals surface area contributed by atoms with Crippen LogP contribution in [0.3, 0.4) is 0 Å². The van der Waals surface area contributed by atoms with Crippen LogP contribution in [-0.4, -0.2) is 46.1 Å². The lowest BCUT2D eigenvalue weighted by molar-refractivity contribution is 0.0565. The van der Waals surface area contributed by atoms with Gasteiger partial charge in [0.2, 0.25) is 11.8 Å². The lowest BCUT2D eigenvalue weighted by atomic mass is 9.99. The van der Waals surface area contributed by atoms with Crippen molar-refractivity contribution in [1.82, 2.24) is 20.0 Å². The van der Waals surface area contributed by atoms with Gasteiger partial charge in [0.25, 0.3) is 5.91 Å². The van der Waals surface area contributed by atoms with E-state index in [1.54, 1.807) is 23.2 Å². The molecule has 132 valence electrons. The monoisotopic (exact) mass is 350 g/mol. The van der Waals surface area contributed by atoms with Crippen LogP contribution in [0.4, 0.5) is 0 Å². The molecule has 1 saturated heterocycles. The average molecular weight is 350 g/mol. The predicted octanol–water partition coefficient (Wildman–Crippen LogP) is 2.30. The van der Waals surface area contributed by atoms with Crippen molar-refractivity contribution in [2.45, 2.75) is 12.3 Å². The lowest BCUT2D eigenvalue weighted by Gasteiger charge is -2.37. The van der Waals surface area contributed by atoms with Crippen molar-refractivity contribution in [3.05, 3.63) is 71.5 Å². The van der Waals surface area contributed by atoms with Crippen LogP contribution >= 0.6 is 0 Å². The normalized spacial score (nSPS) is 14.1. The van der Waals surface area contributed by atoms with Gasteiger partial charge in [0, 0.05) is 25.7 Å². The summed E-state index contributed by atoms with van der Waals surface area (Å²) in [5.74, 6) is 1.54. The summed E-state index contributed by atoms with van der Waals surface area (Å²) in [6.07, 6.45) is 2.23. The number of nitrogens with zero attached hydrogens (tertiary/aromatic N) is 4. The molecule has 7 nitrogen and oxygen atoms in total. The van der Waals surface area contributed by atoms with Crippen LogP contribution < -0.4 is 4.74 Å². The topological polar surface area (TPSA) is 81.4 Å². The Hall–Kier alpha value is -3.22. The summed E-state index contributed by atoms with van der Waals surface area (Å²) in [4.78, 5) is 22.8. The minimum absolute atomic E-state index is 0.0682. The summed E-state index contributed by atoms with van der Waals surface area (Å²) in [5, 5.41) is 4.05. The number of aromatic nitrogens is 3. The van der Waals surface area contributed by atoms with Crippen LogP contribution in [0.1, 0.15) is 33.6 Å². The van der Waals surface area contributed by atoms with Crippen molar-refractivity contribution >= 4 is 5.91 Å². The number of carbonyl (C=O) groups is 1. The second-order valence-electron chi connectivity index (χ2n) is 6.18. The lowest BCUT2D eigenvalue weighted by Crippen LogP contribution is -2.48. The molecule has 1 fully saturated rings. The van der Waals surface area contributed by atoms with Crippen LogP contribution in [0.2, 0.25) is 0 Å². The SMILES string of the molecule is COc1ncccc1C(=O)N1CC(c2nc(Cc3ccccc3)no2)C1. The van der Waals surface area contributed by atoms with E-state index in [-0.39, 0.29) is 11.8 Å². The number of benzene rings is 1. The van der Waals surface area contributed by atoms with E-state index in [0.717, 1.165) is 5.56 Å². The molecule has 0 unspecified atom stereocenters. The molecule has 26 heavy (non-hydrogen) atoms. The van der Waals surface area contributed by atoms with Gasteiger partial charge in [-0.05, 0) is 17.7 Å². The Kier molecular flexibility index (Phi) is 4.35. The highest BCUT2D eigenvalue weighted by atomic mass is 16.5. The average Bonchev–Trinajstić information content (AvgIpc) is 3.09. The molecule has 0 N–H and O–H groups in total. The zero-order valence-corrected chi connectivity index (χ0v) is 14.3. The molecule has 0 aliphatic carbocycles. The Balaban J connectivity index is 1.38. The summed E-state index contributed by atoms with van der Waals surface area (Å²) in [6, 6.07) is 13.4. The maximum atomic E-state index is 12.6. The number of rotatable bonds is 5. The Morgan fingerprint density at radius 3 is 2.81 bits per heavy atom. The summed E-state index contributed by atoms with van der Waals surface area (Å²) in [5.41, 5.74) is 1.60. The zero-order chi connectivity index (χ0) is 17.9. The van der Waals surface area contributed by atoms with Crippen LogP contribution in [0, 0.1) is 0 Å². The van der Waals surface area contributed by atoms with Crippen molar-refractivity contribution < 1.29 is 14.1 Å². The molecule has 1 aliphatic rings. The number of pyridine rings is 1. The molecule has 1 aliphatic heterocycles. The number of hydrogen-bond acceptors (Lipinski definition) is 6. The number of likely N-dealkylation sites (tertiary alicyclic amines) is 1. The van der Waals surface area contributed by atoms with Crippen molar-refractivity contribution in [2.24, 2.45) is 0 Å². The van der Waals surface area contributed by atoms with E-state index in [0.29, 0.717) is 42.7 Å². The van der Waals surface area contributed by atoms with Crippen LogP contribution in [0.5, 0.6) is 5.88 Å². The third kappa shape index (κ3) is 3.15. The van der Waals surface area contributed by atoms with E-state index in [1.807, 2.05) is 30.3 Å². The molecule has 0 atom stereocenters. The first-order valence-electron chi connectivity index (χ1n) is 8.39. The fourth-order valence-electron chi connectivity index (χ4n) is 2.97. The smallest absolute Gasteiger partial charge is 0.259 e. The van der Waals surface area contributed by atoms with Crippen LogP contribution in [0.25, 0.3) is 0 Å². The summed E-state index contributed by atoms with van der Waals surface area (Å²) in [6.45, 7) is 1.09. The van der Waals surface area contributed by atoms with Gasteiger partial charge in [-0.2, -0.15) is 4.98 Å². The van der Waals surface area contributed by atoms with Gasteiger partial charge in [0.1, 0.15) is 5.56 Å². The van der Waals surface area contributed by atoms with Crippen LogP contribution in [-0.2, 0) is 6.42 Å². The van der Waals surface area contributed by atoms with Gasteiger partial charge < -0.3 is 14.2 Å². The van der Waals surface area contributed by atoms with E-state index in [1.165, 1.54) is 7.11 Å². The molecular formula is C19H18N4O3. The first kappa shape index (κ1) is 16.3. The fourth-order valence-corrected chi connectivity index (χ4v) is 2.97. The van der Waals surface area contributed by atoms with Crippen molar-refractivity contribution in [3.63, 3.8) is 0 Å². The summed E-state index contributed by atoms with van der Waals surface area (Å²) >= 11 is 0. The van der Waals surface area contributed by atoms with Crippen molar-refractivity contribution in [3.8, 4) is 5.88 Å². The molecule has 4 rings (SSSR count). The summed E-state index contributed by atoms with van der Waals surface area (Å²) in [7, 11) is 1.50. The number of carbonyl (C=O) groups excluding carboxylic acids is 1. The van der Waals surface area contributed by atoms with E-state index in [9.17, 15) is 4.79 Å². The first-order valence-corrected chi connectivity index (χ1v) is 8.39. The zero-order valence-electron chi connectivity index (χ0n) is 14.3. The highest BCUT2D eigenvalue weighted by Gasteiger charge is 2.37. The van der Waals surface area contributed by atoms with Crippen molar-refractivity contribution in [2.75, 3.05) is 20.2 Å². The van der Waals surface area contributed by atoms with E-state index >= 15 is 0 Å². The molecule has 0 spiro atoms. The Morgan fingerprint density at radius 1 is 1.23 bits per heavy atom. The standard InChI is InChI=1S/C19H18N4O3/c1-25-18-15(8-5-9-20-18)19(24)23-11-14(12-23)17-21-16(22-26-17)10-13-6-3-2-4-7-13/h2-9,14H,10-12H2,1H3. The van der Waals surface area contributed by atoms with Crippen molar-refractivity contribution in [1.29, 1.82) is 0 Å². The molecule has 0 radical (unpaired) electrons. The van der Waals surface area contributed by atoms with E-state index in [2.05, 4.69) is 15.1 Å². The maximum absolute atomic E-state index is 12.6. The number of methoxy groups -OCH3 is 1. The van der Waals surface area contributed by atoms with Gasteiger partial charge >= 0.3 is 0 Å². The van der Waals surface area contributed by atoms with Gasteiger partial charge in [0.05, 0.1) is 13.0 Å². The van der Waals surface area contributed by atoms with Gasteiger partial charge in [-0.15, -0.1) is 0 Å². The second kappa shape index (κ2) is 6.95. The Labute approximate surface area is 150 Å². The molecule has 3 heterocycles.